The SMILES string of the molecule is CNC(=O)C12CC1[C@@H](n1cnc3c(NC)nc(-n4cc(-c5ccco5)nn4)nc31)[C@H](O)[C@@H]2O. The van der Waals surface area contributed by atoms with Gasteiger partial charge in [0.15, 0.2) is 22.7 Å². The minimum Gasteiger partial charge on any atom is -0.463 e. The van der Waals surface area contributed by atoms with Gasteiger partial charge in [-0.3, -0.25) is 4.79 Å². The van der Waals surface area contributed by atoms with E-state index in [1.165, 1.54) is 11.7 Å². The Labute approximate surface area is 186 Å². The molecule has 6 rings (SSSR count). The highest BCUT2D eigenvalue weighted by molar-refractivity contribution is 5.88. The molecule has 0 bridgehead atoms. The maximum Gasteiger partial charge on any atom is 0.256 e. The first-order valence-electron chi connectivity index (χ1n) is 10.5. The highest BCUT2D eigenvalue weighted by Gasteiger charge is 2.75. The predicted molar refractivity (Wildman–Crippen MR) is 113 cm³/mol. The standard InChI is InChI=1S/C20H21N9O4/c1-21-16-12-17(25-19(24-16)29-7-10(26-27-29)11-4-3-5-33-11)28(8-23-12)13-9-6-20(9,18(32)22-2)15(31)14(13)30/h3-5,7-9,13-15,30-31H,6H2,1-2H3,(H,22,32)(H,21,24,25)/t9?,13-,14+,15+,20?/m1/s1. The van der Waals surface area contributed by atoms with Gasteiger partial charge in [-0.2, -0.15) is 14.6 Å². The van der Waals surface area contributed by atoms with Crippen LogP contribution in [-0.4, -0.2) is 76.9 Å². The zero-order valence-electron chi connectivity index (χ0n) is 17.7. The summed E-state index contributed by atoms with van der Waals surface area (Å²) in [7, 11) is 3.24. The zero-order valence-corrected chi connectivity index (χ0v) is 17.7. The van der Waals surface area contributed by atoms with Gasteiger partial charge in [-0.25, -0.2) is 4.98 Å². The van der Waals surface area contributed by atoms with Gasteiger partial charge in [0.05, 0.1) is 36.3 Å². The van der Waals surface area contributed by atoms with E-state index >= 15 is 0 Å². The molecule has 0 saturated heterocycles. The maximum atomic E-state index is 12.5. The number of hydrogen-bond acceptors (Lipinski definition) is 10. The van der Waals surface area contributed by atoms with Crippen molar-refractivity contribution in [2.45, 2.75) is 24.7 Å². The molecule has 0 aromatic carbocycles. The highest BCUT2D eigenvalue weighted by Crippen LogP contribution is 2.67. The summed E-state index contributed by atoms with van der Waals surface area (Å²) in [5.74, 6) is 0.743. The lowest BCUT2D eigenvalue weighted by Crippen LogP contribution is -2.41. The van der Waals surface area contributed by atoms with E-state index in [0.717, 1.165) is 0 Å². The van der Waals surface area contributed by atoms with Crippen LogP contribution in [-0.2, 0) is 4.79 Å². The largest absolute Gasteiger partial charge is 0.463 e. The first kappa shape index (κ1) is 19.8. The summed E-state index contributed by atoms with van der Waals surface area (Å²) in [5, 5.41) is 35.4. The van der Waals surface area contributed by atoms with Crippen molar-refractivity contribution in [1.29, 1.82) is 0 Å². The van der Waals surface area contributed by atoms with Crippen molar-refractivity contribution in [2.24, 2.45) is 11.3 Å². The number of hydrogen-bond donors (Lipinski definition) is 4. The summed E-state index contributed by atoms with van der Waals surface area (Å²) < 4.78 is 8.50. The number of carbonyl (C=O) groups is 1. The fourth-order valence-corrected chi connectivity index (χ4v) is 5.09. The van der Waals surface area contributed by atoms with Crippen LogP contribution < -0.4 is 10.6 Å². The molecule has 13 nitrogen and oxygen atoms in total. The van der Waals surface area contributed by atoms with Crippen LogP contribution in [0.2, 0.25) is 0 Å². The van der Waals surface area contributed by atoms with Gasteiger partial charge < -0.3 is 29.8 Å². The van der Waals surface area contributed by atoms with E-state index in [2.05, 4.69) is 35.9 Å². The number of aliphatic hydroxyl groups excluding tert-OH is 2. The molecule has 2 aliphatic rings. The molecule has 5 atom stereocenters. The second-order valence-electron chi connectivity index (χ2n) is 8.33. The average molecular weight is 451 g/mol. The molecule has 4 heterocycles. The molecule has 4 aromatic rings. The number of aliphatic hydroxyl groups is 2. The molecule has 4 aromatic heterocycles. The molecule has 0 aliphatic heterocycles. The molecular formula is C20H21N9O4. The van der Waals surface area contributed by atoms with E-state index in [9.17, 15) is 15.0 Å². The number of amides is 1. The first-order valence-corrected chi connectivity index (χ1v) is 10.5. The van der Waals surface area contributed by atoms with Gasteiger partial charge in [0.25, 0.3) is 5.95 Å². The Kier molecular flexibility index (Phi) is 4.10. The lowest BCUT2D eigenvalue weighted by molar-refractivity contribution is -0.132. The second kappa shape index (κ2) is 6.83. The van der Waals surface area contributed by atoms with Crippen LogP contribution in [0.25, 0.3) is 28.6 Å². The molecule has 170 valence electrons. The summed E-state index contributed by atoms with van der Waals surface area (Å²) in [6.07, 6.45) is 2.89. The Hall–Kier alpha value is -3.84. The third-order valence-corrected chi connectivity index (χ3v) is 6.76. The number of fused-ring (bicyclic) bond motifs is 2. The molecule has 2 aliphatic carbocycles. The molecule has 2 fully saturated rings. The van der Waals surface area contributed by atoms with E-state index < -0.39 is 23.7 Å². The van der Waals surface area contributed by atoms with Gasteiger partial charge in [-0.1, -0.05) is 5.21 Å². The molecule has 13 heteroatoms. The topological polar surface area (TPSA) is 169 Å². The second-order valence-corrected chi connectivity index (χ2v) is 8.33. The van der Waals surface area contributed by atoms with Crippen LogP contribution in [0.15, 0.2) is 35.3 Å². The van der Waals surface area contributed by atoms with Gasteiger partial charge in [-0.15, -0.1) is 5.10 Å². The van der Waals surface area contributed by atoms with Crippen LogP contribution in [0.5, 0.6) is 0 Å². The van der Waals surface area contributed by atoms with Gasteiger partial charge in [-0.05, 0) is 18.6 Å². The first-order chi connectivity index (χ1) is 16.0. The normalized spacial score (nSPS) is 28.1. The van der Waals surface area contributed by atoms with Crippen LogP contribution in [0.1, 0.15) is 12.5 Å². The van der Waals surface area contributed by atoms with Gasteiger partial charge >= 0.3 is 0 Å². The number of furan rings is 1. The molecule has 1 amide bonds. The third-order valence-electron chi connectivity index (χ3n) is 6.76. The minimum atomic E-state index is -1.18. The third kappa shape index (κ3) is 2.60. The number of rotatable bonds is 5. The summed E-state index contributed by atoms with van der Waals surface area (Å²) in [6, 6.07) is 2.96. The number of nitrogens with one attached hydrogen (secondary N) is 2. The zero-order chi connectivity index (χ0) is 22.9. The van der Waals surface area contributed by atoms with Gasteiger partial charge in [0.2, 0.25) is 5.91 Å². The fraction of sp³-hybridized carbons (Fsp3) is 0.400. The van der Waals surface area contributed by atoms with Crippen molar-refractivity contribution in [3.63, 3.8) is 0 Å². The minimum absolute atomic E-state index is 0.236. The Morgan fingerprint density at radius 2 is 2.15 bits per heavy atom. The summed E-state index contributed by atoms with van der Waals surface area (Å²) in [6.45, 7) is 0. The van der Waals surface area contributed by atoms with E-state index in [0.29, 0.717) is 34.9 Å². The molecule has 2 unspecified atom stereocenters. The maximum absolute atomic E-state index is 12.5. The van der Waals surface area contributed by atoms with Crippen LogP contribution in [0.4, 0.5) is 5.82 Å². The van der Waals surface area contributed by atoms with Crippen molar-refractivity contribution in [3.8, 4) is 17.4 Å². The number of nitrogens with zero attached hydrogens (tertiary/aromatic N) is 7. The van der Waals surface area contributed by atoms with Crippen molar-refractivity contribution in [3.05, 3.63) is 30.9 Å². The highest BCUT2D eigenvalue weighted by atomic mass is 16.3. The Bertz CT molecular complexity index is 1360. The van der Waals surface area contributed by atoms with Crippen LogP contribution in [0.3, 0.4) is 0 Å². The molecule has 0 radical (unpaired) electrons. The molecule has 4 N–H and O–H groups in total. The smallest absolute Gasteiger partial charge is 0.256 e. The molecule has 0 spiro atoms. The monoisotopic (exact) mass is 451 g/mol. The molecule has 2 saturated carbocycles. The quantitative estimate of drug-likeness (QED) is 0.317. The number of aromatic nitrogens is 7. The van der Waals surface area contributed by atoms with Gasteiger partial charge in [0, 0.05) is 20.0 Å². The molecule has 33 heavy (non-hydrogen) atoms. The van der Waals surface area contributed by atoms with Crippen molar-refractivity contribution < 1.29 is 19.4 Å². The average Bonchev–Trinajstić information content (AvgIpc) is 3.32. The van der Waals surface area contributed by atoms with Crippen molar-refractivity contribution in [2.75, 3.05) is 19.4 Å². The van der Waals surface area contributed by atoms with Gasteiger partial charge in [0.1, 0.15) is 11.8 Å². The predicted octanol–water partition coefficient (Wildman–Crippen LogP) is -0.263. The van der Waals surface area contributed by atoms with Crippen LogP contribution >= 0.6 is 0 Å². The number of carbonyl (C=O) groups excluding carboxylic acids is 1. The summed E-state index contributed by atoms with van der Waals surface area (Å²) in [4.78, 5) is 26.1. The lowest BCUT2D eigenvalue weighted by atomic mass is 9.98. The van der Waals surface area contributed by atoms with E-state index in [1.54, 1.807) is 42.5 Å². The van der Waals surface area contributed by atoms with E-state index in [-0.39, 0.29) is 17.8 Å². The van der Waals surface area contributed by atoms with Crippen molar-refractivity contribution >= 4 is 22.9 Å². The molecular weight excluding hydrogens is 430 g/mol. The Balaban J connectivity index is 1.45. The van der Waals surface area contributed by atoms with E-state index in [4.69, 9.17) is 4.42 Å². The Morgan fingerprint density at radius 3 is 2.88 bits per heavy atom. The van der Waals surface area contributed by atoms with E-state index in [1.807, 2.05) is 0 Å². The summed E-state index contributed by atoms with van der Waals surface area (Å²) >= 11 is 0. The lowest BCUT2D eigenvalue weighted by Gasteiger charge is -2.23. The van der Waals surface area contributed by atoms with Crippen molar-refractivity contribution in [1.82, 2.24) is 39.8 Å². The Morgan fingerprint density at radius 1 is 1.30 bits per heavy atom. The number of imidazole rings is 1. The summed E-state index contributed by atoms with van der Waals surface area (Å²) in [5.41, 5.74) is 0.453. The fourth-order valence-electron chi connectivity index (χ4n) is 5.09. The number of anilines is 1. The van der Waals surface area contributed by atoms with Crippen LogP contribution in [0, 0.1) is 11.3 Å².